The zero-order valence-electron chi connectivity index (χ0n) is 10.5. The topological polar surface area (TPSA) is 69.1 Å². The van der Waals surface area contributed by atoms with Gasteiger partial charge in [0.15, 0.2) is 0 Å². The normalized spacial score (nSPS) is 13.4. The van der Waals surface area contributed by atoms with Crippen molar-refractivity contribution < 1.29 is 4.79 Å². The molecule has 0 radical (unpaired) electrons. The van der Waals surface area contributed by atoms with Crippen molar-refractivity contribution >= 4 is 29.1 Å². The monoisotopic (exact) mass is 288 g/mol. The Bertz CT molecular complexity index is 447. The van der Waals surface area contributed by atoms with Gasteiger partial charge in [-0.05, 0) is 29.5 Å². The summed E-state index contributed by atoms with van der Waals surface area (Å²) in [7, 11) is 0. The molecule has 18 heavy (non-hydrogen) atoms. The van der Waals surface area contributed by atoms with E-state index in [1.165, 1.54) is 0 Å². The largest absolute Gasteiger partial charge is 0.370 e. The van der Waals surface area contributed by atoms with E-state index in [-0.39, 0.29) is 17.4 Å². The highest BCUT2D eigenvalue weighted by Crippen LogP contribution is 2.34. The van der Waals surface area contributed by atoms with Crippen molar-refractivity contribution in [1.82, 2.24) is 0 Å². The van der Waals surface area contributed by atoms with Crippen molar-refractivity contribution in [3.63, 3.8) is 0 Å². The molecule has 1 aromatic rings. The van der Waals surface area contributed by atoms with Crippen LogP contribution in [0, 0.1) is 5.41 Å². The Morgan fingerprint density at radius 2 is 2.00 bits per heavy atom. The number of nitrogens with two attached hydrogens (primary N) is 2. The Morgan fingerprint density at radius 1 is 1.39 bits per heavy atom. The molecule has 0 heterocycles. The van der Waals surface area contributed by atoms with Gasteiger partial charge in [0.2, 0.25) is 5.91 Å². The first-order chi connectivity index (χ1) is 8.21. The lowest BCUT2D eigenvalue weighted by molar-refractivity contribution is -0.120. The fourth-order valence-electron chi connectivity index (χ4n) is 2.05. The Labute approximate surface area is 117 Å². The van der Waals surface area contributed by atoms with E-state index in [9.17, 15) is 4.79 Å². The van der Waals surface area contributed by atoms with Crippen molar-refractivity contribution in [1.29, 1.82) is 0 Å². The Balaban J connectivity index is 2.81. The standard InChI is InChI=1S/C13H18Cl2N2O/c1-13(2,7-12(17)18)6-11(16)9-4-3-8(14)5-10(9)15/h3-5,11H,6-7,16H2,1-2H3,(H2,17,18). The lowest BCUT2D eigenvalue weighted by Crippen LogP contribution is -2.27. The van der Waals surface area contributed by atoms with E-state index in [0.717, 1.165) is 5.56 Å². The number of rotatable bonds is 5. The van der Waals surface area contributed by atoms with Crippen molar-refractivity contribution in [3.05, 3.63) is 33.8 Å². The third-order valence-electron chi connectivity index (χ3n) is 2.79. The van der Waals surface area contributed by atoms with Crippen molar-refractivity contribution in [2.45, 2.75) is 32.7 Å². The molecule has 100 valence electrons. The van der Waals surface area contributed by atoms with Gasteiger partial charge in [-0.25, -0.2) is 0 Å². The third kappa shape index (κ3) is 4.48. The fourth-order valence-corrected chi connectivity index (χ4v) is 2.60. The van der Waals surface area contributed by atoms with Crippen LogP contribution in [-0.4, -0.2) is 5.91 Å². The van der Waals surface area contributed by atoms with E-state index in [4.69, 9.17) is 34.7 Å². The SMILES string of the molecule is CC(C)(CC(N)=O)CC(N)c1ccc(Cl)cc1Cl. The van der Waals surface area contributed by atoms with Gasteiger partial charge in [-0.2, -0.15) is 0 Å². The summed E-state index contributed by atoms with van der Waals surface area (Å²) in [6.07, 6.45) is 0.920. The molecule has 1 rings (SSSR count). The quantitative estimate of drug-likeness (QED) is 0.873. The van der Waals surface area contributed by atoms with Crippen LogP contribution in [0.1, 0.15) is 38.3 Å². The first-order valence-electron chi connectivity index (χ1n) is 5.70. The van der Waals surface area contributed by atoms with E-state index in [1.807, 2.05) is 19.9 Å². The minimum atomic E-state index is -0.325. The molecule has 0 aliphatic rings. The van der Waals surface area contributed by atoms with E-state index >= 15 is 0 Å². The number of hydrogen-bond acceptors (Lipinski definition) is 2. The number of carbonyl (C=O) groups excluding carboxylic acids is 1. The summed E-state index contributed by atoms with van der Waals surface area (Å²) in [4.78, 5) is 11.0. The predicted octanol–water partition coefficient (Wildman–Crippen LogP) is 3.28. The molecular formula is C13H18Cl2N2O. The van der Waals surface area contributed by atoms with Crippen LogP contribution >= 0.6 is 23.2 Å². The molecule has 0 saturated carbocycles. The first kappa shape index (κ1) is 15.3. The molecule has 0 aliphatic carbocycles. The van der Waals surface area contributed by atoms with E-state index in [0.29, 0.717) is 22.9 Å². The number of primary amides is 1. The van der Waals surface area contributed by atoms with Crippen molar-refractivity contribution in [3.8, 4) is 0 Å². The summed E-state index contributed by atoms with van der Waals surface area (Å²) < 4.78 is 0. The predicted molar refractivity (Wildman–Crippen MR) is 75.6 cm³/mol. The highest BCUT2D eigenvalue weighted by atomic mass is 35.5. The maximum Gasteiger partial charge on any atom is 0.217 e. The zero-order valence-corrected chi connectivity index (χ0v) is 12.1. The fraction of sp³-hybridized carbons (Fsp3) is 0.462. The van der Waals surface area contributed by atoms with E-state index < -0.39 is 0 Å². The van der Waals surface area contributed by atoms with Crippen LogP contribution in [0.4, 0.5) is 0 Å². The first-order valence-corrected chi connectivity index (χ1v) is 6.46. The van der Waals surface area contributed by atoms with Gasteiger partial charge >= 0.3 is 0 Å². The molecule has 0 bridgehead atoms. The van der Waals surface area contributed by atoms with E-state index in [2.05, 4.69) is 0 Å². The van der Waals surface area contributed by atoms with Crippen LogP contribution in [0.3, 0.4) is 0 Å². The summed E-state index contributed by atoms with van der Waals surface area (Å²) >= 11 is 11.9. The number of hydrogen-bond donors (Lipinski definition) is 2. The van der Waals surface area contributed by atoms with Gasteiger partial charge in [-0.1, -0.05) is 43.1 Å². The second-order valence-electron chi connectivity index (χ2n) is 5.28. The molecule has 1 atom stereocenters. The van der Waals surface area contributed by atoms with Crippen molar-refractivity contribution in [2.24, 2.45) is 16.9 Å². The van der Waals surface area contributed by atoms with Gasteiger partial charge in [0.1, 0.15) is 0 Å². The van der Waals surface area contributed by atoms with Gasteiger partial charge in [0, 0.05) is 22.5 Å². The summed E-state index contributed by atoms with van der Waals surface area (Å²) in [6.45, 7) is 3.92. The van der Waals surface area contributed by atoms with Crippen LogP contribution in [0.2, 0.25) is 10.0 Å². The maximum absolute atomic E-state index is 11.0. The van der Waals surface area contributed by atoms with Crippen LogP contribution in [0.25, 0.3) is 0 Å². The minimum absolute atomic E-state index is 0.246. The van der Waals surface area contributed by atoms with Gasteiger partial charge < -0.3 is 11.5 Å². The summed E-state index contributed by atoms with van der Waals surface area (Å²) in [5.41, 5.74) is 11.9. The van der Waals surface area contributed by atoms with Gasteiger partial charge in [0.25, 0.3) is 0 Å². The number of carbonyl (C=O) groups is 1. The Morgan fingerprint density at radius 3 is 2.50 bits per heavy atom. The minimum Gasteiger partial charge on any atom is -0.370 e. The number of benzene rings is 1. The van der Waals surface area contributed by atoms with Gasteiger partial charge in [-0.3, -0.25) is 4.79 Å². The highest BCUT2D eigenvalue weighted by molar-refractivity contribution is 6.35. The molecule has 0 fully saturated rings. The Kier molecular flexibility index (Phi) is 5.02. The number of halogens is 2. The maximum atomic E-state index is 11.0. The zero-order chi connectivity index (χ0) is 13.9. The van der Waals surface area contributed by atoms with Gasteiger partial charge in [0.05, 0.1) is 0 Å². The molecule has 0 aromatic heterocycles. The molecular weight excluding hydrogens is 271 g/mol. The second-order valence-corrected chi connectivity index (χ2v) is 6.13. The molecule has 0 spiro atoms. The molecule has 1 aromatic carbocycles. The lowest BCUT2D eigenvalue weighted by atomic mass is 9.81. The molecule has 5 heteroatoms. The molecule has 0 saturated heterocycles. The highest BCUT2D eigenvalue weighted by Gasteiger charge is 2.25. The van der Waals surface area contributed by atoms with E-state index in [1.54, 1.807) is 12.1 Å². The molecule has 1 unspecified atom stereocenters. The average molecular weight is 289 g/mol. The van der Waals surface area contributed by atoms with Crippen LogP contribution in [0.15, 0.2) is 18.2 Å². The number of amides is 1. The summed E-state index contributed by atoms with van der Waals surface area (Å²) in [5, 5.41) is 1.12. The molecule has 4 N–H and O–H groups in total. The van der Waals surface area contributed by atoms with Crippen LogP contribution < -0.4 is 11.5 Å². The van der Waals surface area contributed by atoms with Crippen molar-refractivity contribution in [2.75, 3.05) is 0 Å². The molecule has 1 amide bonds. The second kappa shape index (κ2) is 5.91. The average Bonchev–Trinajstić information content (AvgIpc) is 2.13. The third-order valence-corrected chi connectivity index (χ3v) is 3.35. The van der Waals surface area contributed by atoms with Gasteiger partial charge in [-0.15, -0.1) is 0 Å². The molecule has 0 aliphatic heterocycles. The lowest BCUT2D eigenvalue weighted by Gasteiger charge is -2.27. The summed E-state index contributed by atoms with van der Waals surface area (Å²) in [5.74, 6) is -0.325. The van der Waals surface area contributed by atoms with Crippen LogP contribution in [0.5, 0.6) is 0 Å². The molecule has 3 nitrogen and oxygen atoms in total. The Hall–Kier alpha value is -0.770. The van der Waals surface area contributed by atoms with Crippen LogP contribution in [-0.2, 0) is 4.79 Å². The summed E-state index contributed by atoms with van der Waals surface area (Å²) in [6, 6.07) is 4.99. The smallest absolute Gasteiger partial charge is 0.217 e.